The van der Waals surface area contributed by atoms with Crippen LogP contribution in [-0.4, -0.2) is 9.38 Å². The van der Waals surface area contributed by atoms with Crippen molar-refractivity contribution in [3.63, 3.8) is 0 Å². The summed E-state index contributed by atoms with van der Waals surface area (Å²) in [6, 6.07) is 6.24. The van der Waals surface area contributed by atoms with Gasteiger partial charge in [-0.3, -0.25) is 4.40 Å². The molecule has 0 aliphatic heterocycles. The number of imidazole rings is 1. The number of nitrogens with zero attached hydrogens (tertiary/aromatic N) is 2. The van der Waals surface area contributed by atoms with Crippen molar-refractivity contribution in [2.75, 3.05) is 5.32 Å². The average molecular weight is 434 g/mol. The van der Waals surface area contributed by atoms with E-state index in [1.54, 1.807) is 11.3 Å². The van der Waals surface area contributed by atoms with Crippen LogP contribution in [0.4, 0.5) is 5.69 Å². The predicted octanol–water partition coefficient (Wildman–Crippen LogP) is 4.38. The summed E-state index contributed by atoms with van der Waals surface area (Å²) in [5.41, 5.74) is 2.14. The predicted molar refractivity (Wildman–Crippen MR) is 87.3 cm³/mol. The first-order chi connectivity index (χ1) is 8.72. The van der Waals surface area contributed by atoms with Crippen molar-refractivity contribution in [2.45, 2.75) is 6.54 Å². The third-order valence-electron chi connectivity index (χ3n) is 2.53. The van der Waals surface area contributed by atoms with Crippen molar-refractivity contribution in [1.29, 1.82) is 0 Å². The summed E-state index contributed by atoms with van der Waals surface area (Å²) in [4.78, 5) is 5.58. The number of aromatic nitrogens is 2. The minimum Gasteiger partial charge on any atom is -0.378 e. The van der Waals surface area contributed by atoms with Gasteiger partial charge in [-0.1, -0.05) is 0 Å². The second-order valence-corrected chi connectivity index (χ2v) is 6.78. The fraction of sp³-hybridized carbons (Fsp3) is 0.0833. The lowest BCUT2D eigenvalue weighted by molar-refractivity contribution is 1.08. The maximum absolute atomic E-state index is 4.54. The number of fused-ring (bicyclic) bond motifs is 1. The Balaban J connectivity index is 1.77. The van der Waals surface area contributed by atoms with Gasteiger partial charge in [0.15, 0.2) is 4.96 Å². The first-order valence-corrected chi connectivity index (χ1v) is 8.07. The van der Waals surface area contributed by atoms with E-state index in [9.17, 15) is 0 Å². The third kappa shape index (κ3) is 2.55. The highest BCUT2D eigenvalue weighted by atomic mass is 127. The van der Waals surface area contributed by atoms with Crippen LogP contribution in [-0.2, 0) is 6.54 Å². The molecule has 2 heterocycles. The van der Waals surface area contributed by atoms with E-state index in [1.165, 1.54) is 3.57 Å². The summed E-state index contributed by atoms with van der Waals surface area (Å²) in [6.45, 7) is 0.729. The second kappa shape index (κ2) is 5.18. The Kier molecular flexibility index (Phi) is 3.58. The molecule has 3 aromatic rings. The van der Waals surface area contributed by atoms with Crippen molar-refractivity contribution >= 4 is 60.5 Å². The number of benzene rings is 1. The van der Waals surface area contributed by atoms with Crippen LogP contribution in [0.15, 0.2) is 40.4 Å². The zero-order valence-corrected chi connectivity index (χ0v) is 13.8. The fourth-order valence-electron chi connectivity index (χ4n) is 1.68. The molecule has 0 spiro atoms. The molecular weight excluding hydrogens is 425 g/mol. The summed E-state index contributed by atoms with van der Waals surface area (Å²) in [5, 5.41) is 5.44. The van der Waals surface area contributed by atoms with Crippen LogP contribution in [0.5, 0.6) is 0 Å². The highest BCUT2D eigenvalue weighted by molar-refractivity contribution is 14.1. The molecule has 0 amide bonds. The molecule has 3 nitrogen and oxygen atoms in total. The summed E-state index contributed by atoms with van der Waals surface area (Å²) in [5.74, 6) is 0. The van der Waals surface area contributed by atoms with Crippen molar-refractivity contribution < 1.29 is 0 Å². The summed E-state index contributed by atoms with van der Waals surface area (Å²) >= 11 is 7.50. The summed E-state index contributed by atoms with van der Waals surface area (Å²) in [6.07, 6.45) is 4.08. The summed E-state index contributed by atoms with van der Waals surface area (Å²) < 4.78 is 4.33. The van der Waals surface area contributed by atoms with Gasteiger partial charge in [0, 0.05) is 31.5 Å². The largest absolute Gasteiger partial charge is 0.378 e. The molecule has 0 bridgehead atoms. The summed E-state index contributed by atoms with van der Waals surface area (Å²) in [7, 11) is 0. The number of anilines is 1. The SMILES string of the molecule is Brc1ccc(I)cc1NCc1cn2ccsc2n1. The van der Waals surface area contributed by atoms with E-state index in [2.05, 4.69) is 73.2 Å². The number of hydrogen-bond donors (Lipinski definition) is 1. The first kappa shape index (κ1) is 12.4. The minimum absolute atomic E-state index is 0.729. The van der Waals surface area contributed by atoms with E-state index in [4.69, 9.17) is 0 Å². The van der Waals surface area contributed by atoms with Crippen LogP contribution < -0.4 is 5.32 Å². The molecule has 0 atom stereocenters. The zero-order valence-electron chi connectivity index (χ0n) is 9.23. The topological polar surface area (TPSA) is 29.3 Å². The Morgan fingerprint density at radius 1 is 1.44 bits per heavy atom. The number of rotatable bonds is 3. The van der Waals surface area contributed by atoms with Gasteiger partial charge in [-0.05, 0) is 56.7 Å². The number of thiazole rings is 1. The first-order valence-electron chi connectivity index (χ1n) is 5.32. The van der Waals surface area contributed by atoms with E-state index in [1.807, 2.05) is 16.0 Å². The lowest BCUT2D eigenvalue weighted by Gasteiger charge is -2.07. The lowest BCUT2D eigenvalue weighted by Crippen LogP contribution is -2.00. The third-order valence-corrected chi connectivity index (χ3v) is 4.66. The van der Waals surface area contributed by atoms with Gasteiger partial charge in [0.2, 0.25) is 0 Å². The molecular formula is C12H9BrIN3S. The standard InChI is InChI=1S/C12H9BrIN3S/c13-10-2-1-8(14)5-11(10)15-6-9-7-17-3-4-18-12(17)16-9/h1-5,7,15H,6H2. The normalized spacial score (nSPS) is 11.0. The molecule has 1 aromatic carbocycles. The molecule has 0 unspecified atom stereocenters. The number of nitrogens with one attached hydrogen (secondary N) is 1. The minimum atomic E-state index is 0.729. The quantitative estimate of drug-likeness (QED) is 0.621. The van der Waals surface area contributed by atoms with Crippen LogP contribution in [0.3, 0.4) is 0 Å². The Labute approximate surface area is 131 Å². The Hall–Kier alpha value is -0.600. The van der Waals surface area contributed by atoms with Crippen LogP contribution in [0.2, 0.25) is 0 Å². The maximum Gasteiger partial charge on any atom is 0.193 e. The van der Waals surface area contributed by atoms with Gasteiger partial charge in [-0.15, -0.1) is 11.3 Å². The monoisotopic (exact) mass is 433 g/mol. The van der Waals surface area contributed by atoms with Gasteiger partial charge < -0.3 is 5.32 Å². The smallest absolute Gasteiger partial charge is 0.193 e. The fourth-order valence-corrected chi connectivity index (χ4v) is 3.28. The Bertz CT molecular complexity index is 663. The van der Waals surface area contributed by atoms with Crippen LogP contribution in [0.25, 0.3) is 4.96 Å². The Morgan fingerprint density at radius 3 is 3.17 bits per heavy atom. The van der Waals surface area contributed by atoms with Gasteiger partial charge in [0.25, 0.3) is 0 Å². The molecule has 18 heavy (non-hydrogen) atoms. The lowest BCUT2D eigenvalue weighted by atomic mass is 10.3. The van der Waals surface area contributed by atoms with Crippen LogP contribution in [0.1, 0.15) is 5.69 Å². The van der Waals surface area contributed by atoms with Crippen molar-refractivity contribution in [3.8, 4) is 0 Å². The molecule has 0 aliphatic carbocycles. The Morgan fingerprint density at radius 2 is 2.33 bits per heavy atom. The molecule has 3 rings (SSSR count). The molecule has 2 aromatic heterocycles. The molecule has 0 fully saturated rings. The molecule has 1 N–H and O–H groups in total. The van der Waals surface area contributed by atoms with Gasteiger partial charge in [-0.2, -0.15) is 0 Å². The molecule has 0 radical (unpaired) electrons. The highest BCUT2D eigenvalue weighted by Gasteiger charge is 2.04. The zero-order chi connectivity index (χ0) is 12.5. The molecule has 0 aliphatic rings. The van der Waals surface area contributed by atoms with E-state index in [0.717, 1.165) is 27.4 Å². The molecule has 92 valence electrons. The van der Waals surface area contributed by atoms with E-state index >= 15 is 0 Å². The van der Waals surface area contributed by atoms with Crippen molar-refractivity contribution in [3.05, 3.63) is 49.7 Å². The van der Waals surface area contributed by atoms with Crippen LogP contribution in [0, 0.1) is 3.57 Å². The van der Waals surface area contributed by atoms with Gasteiger partial charge in [-0.25, -0.2) is 4.98 Å². The number of hydrogen-bond acceptors (Lipinski definition) is 3. The van der Waals surface area contributed by atoms with Crippen molar-refractivity contribution in [2.24, 2.45) is 0 Å². The van der Waals surface area contributed by atoms with E-state index < -0.39 is 0 Å². The maximum atomic E-state index is 4.54. The van der Waals surface area contributed by atoms with Crippen LogP contribution >= 0.6 is 49.9 Å². The van der Waals surface area contributed by atoms with Crippen molar-refractivity contribution in [1.82, 2.24) is 9.38 Å². The van der Waals surface area contributed by atoms with E-state index in [0.29, 0.717) is 0 Å². The highest BCUT2D eigenvalue weighted by Crippen LogP contribution is 2.25. The second-order valence-electron chi connectivity index (χ2n) is 3.80. The average Bonchev–Trinajstić information content (AvgIpc) is 2.90. The van der Waals surface area contributed by atoms with Gasteiger partial charge >= 0.3 is 0 Å². The van der Waals surface area contributed by atoms with Gasteiger partial charge in [0.1, 0.15) is 0 Å². The molecule has 0 saturated carbocycles. The number of halogens is 2. The molecule has 0 saturated heterocycles. The van der Waals surface area contributed by atoms with Gasteiger partial charge in [0.05, 0.1) is 12.2 Å². The van der Waals surface area contributed by atoms with E-state index in [-0.39, 0.29) is 0 Å². The molecule has 6 heteroatoms.